The van der Waals surface area contributed by atoms with Crippen LogP contribution >= 0.6 is 11.8 Å². The van der Waals surface area contributed by atoms with Gasteiger partial charge in [-0.25, -0.2) is 0 Å². The largest absolute Gasteiger partial charge is 0.472 e. The average molecular weight is 340 g/mol. The van der Waals surface area contributed by atoms with Crippen LogP contribution in [0.2, 0.25) is 0 Å². The average Bonchev–Trinajstić information content (AvgIpc) is 3.33. The number of hydrogen-bond donors (Lipinski definition) is 0. The van der Waals surface area contributed by atoms with E-state index in [1.807, 2.05) is 31.2 Å². The standard InChI is InChI=1S/C15H12N6O2S/c1-10-3-2-4-12(7-10)21-15(17-19-20-21)24-9-13-16-14(23-18-13)11-5-6-22-8-11/h2-8H,9H2,1H3. The second-order valence-corrected chi connectivity index (χ2v) is 5.97. The van der Waals surface area contributed by atoms with Gasteiger partial charge in [0.2, 0.25) is 5.16 Å². The fraction of sp³-hybridized carbons (Fsp3) is 0.133. The Morgan fingerprint density at radius 1 is 1.25 bits per heavy atom. The third kappa shape index (κ3) is 2.93. The Morgan fingerprint density at radius 2 is 2.21 bits per heavy atom. The van der Waals surface area contributed by atoms with Crippen LogP contribution in [0.5, 0.6) is 0 Å². The van der Waals surface area contributed by atoms with Crippen LogP contribution in [-0.2, 0) is 5.75 Å². The van der Waals surface area contributed by atoms with Crippen molar-refractivity contribution in [1.82, 2.24) is 30.3 Å². The van der Waals surface area contributed by atoms with Gasteiger partial charge in [0.15, 0.2) is 5.82 Å². The molecule has 24 heavy (non-hydrogen) atoms. The van der Waals surface area contributed by atoms with Gasteiger partial charge < -0.3 is 8.94 Å². The van der Waals surface area contributed by atoms with Crippen molar-refractivity contribution in [2.75, 3.05) is 0 Å². The van der Waals surface area contributed by atoms with Gasteiger partial charge in [-0.15, -0.1) is 5.10 Å². The molecule has 4 aromatic rings. The summed E-state index contributed by atoms with van der Waals surface area (Å²) in [4.78, 5) is 4.33. The molecule has 0 fully saturated rings. The maximum absolute atomic E-state index is 5.22. The zero-order chi connectivity index (χ0) is 16.4. The van der Waals surface area contributed by atoms with Crippen LogP contribution in [0.1, 0.15) is 11.4 Å². The predicted molar refractivity (Wildman–Crippen MR) is 85.5 cm³/mol. The molecule has 0 amide bonds. The molecule has 0 aliphatic rings. The van der Waals surface area contributed by atoms with Crippen LogP contribution in [0, 0.1) is 6.92 Å². The predicted octanol–water partition coefficient (Wildman–Crippen LogP) is 2.91. The smallest absolute Gasteiger partial charge is 0.261 e. The molecule has 3 aromatic heterocycles. The van der Waals surface area contributed by atoms with E-state index in [-0.39, 0.29) is 0 Å². The van der Waals surface area contributed by atoms with Gasteiger partial charge in [0.05, 0.1) is 23.3 Å². The molecule has 0 spiro atoms. The maximum Gasteiger partial charge on any atom is 0.261 e. The molecule has 4 rings (SSSR count). The van der Waals surface area contributed by atoms with Crippen LogP contribution < -0.4 is 0 Å². The Kier molecular flexibility index (Phi) is 3.83. The van der Waals surface area contributed by atoms with Gasteiger partial charge in [-0.3, -0.25) is 0 Å². The number of rotatable bonds is 5. The van der Waals surface area contributed by atoms with Gasteiger partial charge in [-0.05, 0) is 41.1 Å². The quantitative estimate of drug-likeness (QED) is 0.512. The van der Waals surface area contributed by atoms with E-state index < -0.39 is 0 Å². The third-order valence-electron chi connectivity index (χ3n) is 3.25. The highest BCUT2D eigenvalue weighted by Crippen LogP contribution is 2.23. The molecule has 8 nitrogen and oxygen atoms in total. The first-order valence-corrected chi connectivity index (χ1v) is 8.11. The molecule has 0 bridgehead atoms. The minimum atomic E-state index is 0.428. The first-order chi connectivity index (χ1) is 11.8. The summed E-state index contributed by atoms with van der Waals surface area (Å²) >= 11 is 1.44. The summed E-state index contributed by atoms with van der Waals surface area (Å²) in [5.74, 6) is 1.49. The summed E-state index contributed by atoms with van der Waals surface area (Å²) in [6, 6.07) is 9.74. The van der Waals surface area contributed by atoms with Crippen molar-refractivity contribution >= 4 is 11.8 Å². The number of benzene rings is 1. The van der Waals surface area contributed by atoms with Gasteiger partial charge in [0.1, 0.15) is 6.26 Å². The summed E-state index contributed by atoms with van der Waals surface area (Å²) < 4.78 is 11.9. The minimum Gasteiger partial charge on any atom is -0.472 e. The zero-order valence-corrected chi connectivity index (χ0v) is 13.5. The highest BCUT2D eigenvalue weighted by Gasteiger charge is 2.13. The van der Waals surface area contributed by atoms with Gasteiger partial charge in [-0.2, -0.15) is 9.67 Å². The lowest BCUT2D eigenvalue weighted by atomic mass is 10.2. The molecule has 3 heterocycles. The lowest BCUT2D eigenvalue weighted by molar-refractivity contribution is 0.424. The van der Waals surface area contributed by atoms with Crippen molar-refractivity contribution < 1.29 is 8.94 Å². The summed E-state index contributed by atoms with van der Waals surface area (Å²) in [5, 5.41) is 16.5. The maximum atomic E-state index is 5.22. The Labute approximate surface area is 140 Å². The second-order valence-electron chi connectivity index (χ2n) is 5.03. The van der Waals surface area contributed by atoms with Gasteiger partial charge >= 0.3 is 0 Å². The molecule has 1 aromatic carbocycles. The summed E-state index contributed by atoms with van der Waals surface area (Å²) in [5.41, 5.74) is 2.81. The van der Waals surface area contributed by atoms with Crippen molar-refractivity contribution in [2.45, 2.75) is 17.8 Å². The molecule has 0 unspecified atom stereocenters. The van der Waals surface area contributed by atoms with Gasteiger partial charge in [0.25, 0.3) is 5.89 Å². The van der Waals surface area contributed by atoms with Crippen molar-refractivity contribution in [2.24, 2.45) is 0 Å². The highest BCUT2D eigenvalue weighted by atomic mass is 32.2. The first kappa shape index (κ1) is 14.6. The molecule has 9 heteroatoms. The molecule has 0 aliphatic carbocycles. The molecule has 0 atom stereocenters. The van der Waals surface area contributed by atoms with Crippen LogP contribution in [0.15, 0.2) is 57.0 Å². The van der Waals surface area contributed by atoms with Crippen LogP contribution in [0.3, 0.4) is 0 Å². The van der Waals surface area contributed by atoms with E-state index >= 15 is 0 Å². The highest BCUT2D eigenvalue weighted by molar-refractivity contribution is 7.98. The van der Waals surface area contributed by atoms with E-state index in [0.29, 0.717) is 22.6 Å². The fourth-order valence-corrected chi connectivity index (χ4v) is 2.87. The van der Waals surface area contributed by atoms with Gasteiger partial charge in [0, 0.05) is 0 Å². The number of tetrazole rings is 1. The molecule has 0 radical (unpaired) electrons. The van der Waals surface area contributed by atoms with Crippen LogP contribution in [0.4, 0.5) is 0 Å². The fourth-order valence-electron chi connectivity index (χ4n) is 2.14. The van der Waals surface area contributed by atoms with Crippen molar-refractivity contribution in [3.8, 4) is 17.1 Å². The monoisotopic (exact) mass is 340 g/mol. The third-order valence-corrected chi connectivity index (χ3v) is 4.17. The lowest BCUT2D eigenvalue weighted by Crippen LogP contribution is -1.99. The van der Waals surface area contributed by atoms with Crippen molar-refractivity contribution in [3.05, 3.63) is 54.2 Å². The molecular formula is C15H12N6O2S. The molecular weight excluding hydrogens is 328 g/mol. The van der Waals surface area contributed by atoms with Crippen molar-refractivity contribution in [1.29, 1.82) is 0 Å². The minimum absolute atomic E-state index is 0.428. The van der Waals surface area contributed by atoms with Crippen LogP contribution in [0.25, 0.3) is 17.1 Å². The SMILES string of the molecule is Cc1cccc(-n2nnnc2SCc2noc(-c3ccoc3)n2)c1. The Morgan fingerprint density at radius 3 is 3.04 bits per heavy atom. The van der Waals surface area contributed by atoms with E-state index in [4.69, 9.17) is 8.94 Å². The van der Waals surface area contributed by atoms with Gasteiger partial charge in [-0.1, -0.05) is 29.1 Å². The molecule has 0 aliphatic heterocycles. The second kappa shape index (κ2) is 6.28. The molecule has 0 saturated heterocycles. The Bertz CT molecular complexity index is 946. The first-order valence-electron chi connectivity index (χ1n) is 7.13. The topological polar surface area (TPSA) is 95.7 Å². The summed E-state index contributed by atoms with van der Waals surface area (Å²) in [6.45, 7) is 2.03. The van der Waals surface area contributed by atoms with E-state index in [1.165, 1.54) is 11.8 Å². The van der Waals surface area contributed by atoms with Crippen LogP contribution in [-0.4, -0.2) is 30.3 Å². The van der Waals surface area contributed by atoms with E-state index in [9.17, 15) is 0 Å². The van der Waals surface area contributed by atoms with E-state index in [0.717, 1.165) is 16.8 Å². The summed E-state index contributed by atoms with van der Waals surface area (Å²) in [7, 11) is 0. The number of aromatic nitrogens is 6. The number of aryl methyl sites for hydroxylation is 1. The van der Waals surface area contributed by atoms with Crippen molar-refractivity contribution in [3.63, 3.8) is 0 Å². The zero-order valence-electron chi connectivity index (χ0n) is 12.7. The number of hydrogen-bond acceptors (Lipinski definition) is 8. The Hall–Kier alpha value is -2.94. The van der Waals surface area contributed by atoms with E-state index in [1.54, 1.807) is 23.3 Å². The normalized spacial score (nSPS) is 11.0. The molecule has 120 valence electrons. The number of nitrogens with zero attached hydrogens (tertiary/aromatic N) is 6. The number of furan rings is 1. The molecule has 0 N–H and O–H groups in total. The number of thioether (sulfide) groups is 1. The van der Waals surface area contributed by atoms with E-state index in [2.05, 4.69) is 25.7 Å². The summed E-state index contributed by atoms with van der Waals surface area (Å²) in [6.07, 6.45) is 3.12. The molecule has 0 saturated carbocycles. The Balaban J connectivity index is 1.50. The lowest BCUT2D eigenvalue weighted by Gasteiger charge is -2.03.